The number of fused-ring (bicyclic) bond motifs is 1. The van der Waals surface area contributed by atoms with Crippen molar-refractivity contribution in [3.05, 3.63) is 23.5 Å². The molecule has 1 aliphatic rings. The second-order valence-corrected chi connectivity index (χ2v) is 5.55. The molecule has 1 aromatic rings. The molecule has 0 spiro atoms. The van der Waals surface area contributed by atoms with Crippen LogP contribution in [0.2, 0.25) is 0 Å². The van der Waals surface area contributed by atoms with Crippen LogP contribution >= 0.6 is 10.7 Å². The number of amides is 1. The van der Waals surface area contributed by atoms with Crippen molar-refractivity contribution in [2.24, 2.45) is 0 Å². The van der Waals surface area contributed by atoms with E-state index in [9.17, 15) is 22.4 Å². The van der Waals surface area contributed by atoms with Gasteiger partial charge >= 0.3 is 0 Å². The maximum Gasteiger partial charge on any atom is 0.297 e. The first-order valence-corrected chi connectivity index (χ1v) is 6.26. The Morgan fingerprint density at radius 1 is 1.25 bits per heavy atom. The maximum absolute atomic E-state index is 13.2. The molecule has 0 saturated carbocycles. The highest BCUT2D eigenvalue weighted by Crippen LogP contribution is 2.34. The maximum atomic E-state index is 13.2. The first-order valence-electron chi connectivity index (χ1n) is 3.95. The van der Waals surface area contributed by atoms with E-state index < -0.39 is 42.7 Å². The first-order chi connectivity index (χ1) is 7.32. The van der Waals surface area contributed by atoms with E-state index in [0.717, 1.165) is 12.1 Å². The SMILES string of the molecule is O=C1Nc2c(S(=O)(=O)Cl)ccc(F)c2C1=O. The molecule has 1 aliphatic heterocycles. The lowest BCUT2D eigenvalue weighted by atomic mass is 10.1. The molecule has 8 heteroatoms. The van der Waals surface area contributed by atoms with Crippen molar-refractivity contribution in [3.63, 3.8) is 0 Å². The van der Waals surface area contributed by atoms with Crippen molar-refractivity contribution in [1.29, 1.82) is 0 Å². The van der Waals surface area contributed by atoms with Crippen molar-refractivity contribution in [2.75, 3.05) is 5.32 Å². The van der Waals surface area contributed by atoms with E-state index in [2.05, 4.69) is 0 Å². The topological polar surface area (TPSA) is 80.3 Å². The van der Waals surface area contributed by atoms with Crippen LogP contribution in [-0.4, -0.2) is 20.1 Å². The number of hydrogen-bond donors (Lipinski definition) is 1. The van der Waals surface area contributed by atoms with Crippen LogP contribution in [0.3, 0.4) is 0 Å². The molecule has 16 heavy (non-hydrogen) atoms. The first kappa shape index (κ1) is 11.0. The van der Waals surface area contributed by atoms with Crippen LogP contribution in [0.1, 0.15) is 10.4 Å². The molecule has 2 rings (SSSR count). The minimum absolute atomic E-state index is 0.398. The van der Waals surface area contributed by atoms with E-state index in [4.69, 9.17) is 10.7 Å². The van der Waals surface area contributed by atoms with Crippen molar-refractivity contribution in [3.8, 4) is 0 Å². The monoisotopic (exact) mass is 263 g/mol. The lowest BCUT2D eigenvalue weighted by molar-refractivity contribution is -0.112. The van der Waals surface area contributed by atoms with E-state index in [0.29, 0.717) is 0 Å². The van der Waals surface area contributed by atoms with E-state index in [1.807, 2.05) is 5.32 Å². The summed E-state index contributed by atoms with van der Waals surface area (Å²) in [4.78, 5) is 21.7. The highest BCUT2D eigenvalue weighted by atomic mass is 35.7. The second-order valence-electron chi connectivity index (χ2n) is 3.02. The molecule has 0 atom stereocenters. The van der Waals surface area contributed by atoms with Gasteiger partial charge < -0.3 is 5.32 Å². The third kappa shape index (κ3) is 1.48. The normalized spacial score (nSPS) is 14.9. The number of halogens is 2. The molecule has 0 radical (unpaired) electrons. The number of carbonyl (C=O) groups is 2. The van der Waals surface area contributed by atoms with Gasteiger partial charge in [0.1, 0.15) is 10.7 Å². The fourth-order valence-corrected chi connectivity index (χ4v) is 2.40. The minimum Gasteiger partial charge on any atom is -0.317 e. The highest BCUT2D eigenvalue weighted by molar-refractivity contribution is 8.13. The summed E-state index contributed by atoms with van der Waals surface area (Å²) in [6.45, 7) is 0. The van der Waals surface area contributed by atoms with E-state index in [-0.39, 0.29) is 0 Å². The fourth-order valence-electron chi connectivity index (χ4n) is 1.39. The average Bonchev–Trinajstić information content (AvgIpc) is 2.42. The van der Waals surface area contributed by atoms with Gasteiger partial charge in [-0.15, -0.1) is 0 Å². The summed E-state index contributed by atoms with van der Waals surface area (Å²) in [7, 11) is 0.924. The van der Waals surface area contributed by atoms with Crippen LogP contribution in [0.5, 0.6) is 0 Å². The summed E-state index contributed by atoms with van der Waals surface area (Å²) in [5.41, 5.74) is -0.989. The molecule has 1 amide bonds. The third-order valence-corrected chi connectivity index (χ3v) is 3.42. The summed E-state index contributed by atoms with van der Waals surface area (Å²) < 4.78 is 35.4. The number of hydrogen-bond acceptors (Lipinski definition) is 4. The zero-order valence-electron chi connectivity index (χ0n) is 7.45. The van der Waals surface area contributed by atoms with Crippen molar-refractivity contribution >= 4 is 37.1 Å². The third-order valence-electron chi connectivity index (χ3n) is 2.05. The van der Waals surface area contributed by atoms with E-state index in [1.165, 1.54) is 0 Å². The molecule has 1 aromatic carbocycles. The van der Waals surface area contributed by atoms with Gasteiger partial charge in [-0.05, 0) is 12.1 Å². The summed E-state index contributed by atoms with van der Waals surface area (Å²) in [5.74, 6) is -3.17. The average molecular weight is 264 g/mol. The Bertz CT molecular complexity index is 625. The largest absolute Gasteiger partial charge is 0.317 e. The van der Waals surface area contributed by atoms with Gasteiger partial charge in [-0.3, -0.25) is 9.59 Å². The minimum atomic E-state index is -4.15. The smallest absolute Gasteiger partial charge is 0.297 e. The summed E-state index contributed by atoms with van der Waals surface area (Å²) in [6.07, 6.45) is 0. The van der Waals surface area contributed by atoms with Gasteiger partial charge in [0.15, 0.2) is 0 Å². The number of nitrogens with one attached hydrogen (secondary N) is 1. The molecular weight excluding hydrogens is 261 g/mol. The number of benzene rings is 1. The number of anilines is 1. The van der Waals surface area contributed by atoms with Crippen LogP contribution in [0.25, 0.3) is 0 Å². The summed E-state index contributed by atoms with van der Waals surface area (Å²) >= 11 is 0. The quantitative estimate of drug-likeness (QED) is 0.603. The standard InChI is InChI=1S/C8H3ClFNO4S/c9-16(14,15)4-2-1-3(10)5-6(4)11-8(13)7(5)12/h1-2H,(H,11,12,13). The highest BCUT2D eigenvalue weighted by Gasteiger charge is 2.35. The molecule has 0 fully saturated rings. The van der Waals surface area contributed by atoms with E-state index in [1.54, 1.807) is 0 Å². The van der Waals surface area contributed by atoms with Gasteiger partial charge in [0, 0.05) is 10.7 Å². The van der Waals surface area contributed by atoms with Crippen LogP contribution in [-0.2, 0) is 13.8 Å². The molecule has 0 saturated heterocycles. The number of rotatable bonds is 1. The Balaban J connectivity index is 2.83. The lowest BCUT2D eigenvalue weighted by Gasteiger charge is -2.03. The van der Waals surface area contributed by atoms with Crippen molar-refractivity contribution in [2.45, 2.75) is 4.90 Å². The molecule has 0 bridgehead atoms. The van der Waals surface area contributed by atoms with Crippen LogP contribution in [0, 0.1) is 5.82 Å². The van der Waals surface area contributed by atoms with Crippen LogP contribution < -0.4 is 5.32 Å². The predicted octanol–water partition coefficient (Wildman–Crippen LogP) is 0.888. The van der Waals surface area contributed by atoms with Crippen LogP contribution in [0.4, 0.5) is 10.1 Å². The predicted molar refractivity (Wildman–Crippen MR) is 52.4 cm³/mol. The number of ketones is 1. The number of carbonyl (C=O) groups excluding carboxylic acids is 2. The van der Waals surface area contributed by atoms with Crippen LogP contribution in [0.15, 0.2) is 17.0 Å². The molecule has 5 nitrogen and oxygen atoms in total. The molecule has 1 N–H and O–H groups in total. The zero-order chi connectivity index (χ0) is 12.1. The molecular formula is C8H3ClFNO4S. The molecule has 0 aliphatic carbocycles. The summed E-state index contributed by atoms with van der Waals surface area (Å²) in [5, 5.41) is 1.97. The van der Waals surface area contributed by atoms with Crippen molar-refractivity contribution in [1.82, 2.24) is 0 Å². The Kier molecular flexibility index (Phi) is 2.25. The molecule has 0 aromatic heterocycles. The van der Waals surface area contributed by atoms with Gasteiger partial charge in [-0.1, -0.05) is 0 Å². The fraction of sp³-hybridized carbons (Fsp3) is 0. The Hall–Kier alpha value is -1.47. The van der Waals surface area contributed by atoms with Gasteiger partial charge in [-0.2, -0.15) is 0 Å². The van der Waals surface area contributed by atoms with Gasteiger partial charge in [0.05, 0.1) is 11.3 Å². The van der Waals surface area contributed by atoms with Gasteiger partial charge in [0.2, 0.25) is 0 Å². The Morgan fingerprint density at radius 3 is 2.44 bits per heavy atom. The Morgan fingerprint density at radius 2 is 1.88 bits per heavy atom. The van der Waals surface area contributed by atoms with Gasteiger partial charge in [-0.25, -0.2) is 12.8 Å². The second kappa shape index (κ2) is 3.26. The van der Waals surface area contributed by atoms with Gasteiger partial charge in [0.25, 0.3) is 20.7 Å². The lowest BCUT2D eigenvalue weighted by Crippen LogP contribution is -2.13. The Labute approximate surface area is 93.6 Å². The molecule has 84 valence electrons. The summed E-state index contributed by atoms with van der Waals surface area (Å²) in [6, 6.07) is 1.65. The zero-order valence-corrected chi connectivity index (χ0v) is 9.02. The van der Waals surface area contributed by atoms with E-state index >= 15 is 0 Å². The number of Topliss-reactive ketones (excluding diaryl/α,β-unsaturated/α-hetero) is 1. The van der Waals surface area contributed by atoms with Crippen molar-refractivity contribution < 1.29 is 22.4 Å². The molecule has 1 heterocycles. The molecule has 0 unspecified atom stereocenters.